The molecule has 9 heteroatoms. The number of ether oxygens (including phenoxy) is 1. The number of aliphatic carboxylic acids is 1. The van der Waals surface area contributed by atoms with E-state index in [4.69, 9.17) is 9.84 Å². The molecule has 3 N–H and O–H groups in total. The van der Waals surface area contributed by atoms with Crippen molar-refractivity contribution in [2.24, 2.45) is 0 Å². The number of carboxylic acid groups (broad SMARTS) is 1. The Bertz CT molecular complexity index is 1000. The van der Waals surface area contributed by atoms with E-state index in [0.717, 1.165) is 22.3 Å². The van der Waals surface area contributed by atoms with Crippen molar-refractivity contribution in [3.8, 4) is 11.1 Å². The molecule has 2 aromatic rings. The Balaban J connectivity index is 1.67. The molecule has 1 aliphatic carbocycles. The summed E-state index contributed by atoms with van der Waals surface area (Å²) in [6.07, 6.45) is -4.72. The molecule has 1 aliphatic rings. The Kier molecular flexibility index (Phi) is 7.30. The van der Waals surface area contributed by atoms with Gasteiger partial charge in [0, 0.05) is 12.3 Å². The molecular formula is C24H26F2N2O5. The van der Waals surface area contributed by atoms with Crippen LogP contribution in [0.1, 0.15) is 43.7 Å². The highest BCUT2D eigenvalue weighted by atomic mass is 19.3. The van der Waals surface area contributed by atoms with Crippen LogP contribution in [-0.4, -0.2) is 47.7 Å². The minimum Gasteiger partial charge on any atom is -0.480 e. The van der Waals surface area contributed by atoms with E-state index < -0.39 is 42.4 Å². The van der Waals surface area contributed by atoms with E-state index in [1.807, 2.05) is 48.5 Å². The first kappa shape index (κ1) is 24.2. The fourth-order valence-corrected chi connectivity index (χ4v) is 3.88. The molecule has 2 atom stereocenters. The van der Waals surface area contributed by atoms with Crippen molar-refractivity contribution in [1.82, 2.24) is 10.6 Å². The smallest absolute Gasteiger partial charge is 0.408 e. The maximum atomic E-state index is 12.6. The van der Waals surface area contributed by atoms with E-state index in [0.29, 0.717) is 0 Å². The van der Waals surface area contributed by atoms with Crippen LogP contribution in [-0.2, 0) is 14.3 Å². The molecule has 7 nitrogen and oxygen atoms in total. The Morgan fingerprint density at radius 3 is 2.09 bits per heavy atom. The molecule has 2 aromatic carbocycles. The van der Waals surface area contributed by atoms with Crippen LogP contribution in [0.15, 0.2) is 48.5 Å². The van der Waals surface area contributed by atoms with Crippen LogP contribution in [0.3, 0.4) is 0 Å². The number of nitrogens with one attached hydrogen (secondary N) is 2. The Labute approximate surface area is 190 Å². The van der Waals surface area contributed by atoms with Gasteiger partial charge in [0.15, 0.2) is 0 Å². The minimum atomic E-state index is -2.91. The summed E-state index contributed by atoms with van der Waals surface area (Å²) in [5.74, 6) is -2.64. The Hall–Kier alpha value is -3.49. The van der Waals surface area contributed by atoms with Crippen LogP contribution >= 0.6 is 0 Å². The maximum absolute atomic E-state index is 12.6. The van der Waals surface area contributed by atoms with Gasteiger partial charge in [0.1, 0.15) is 18.2 Å². The minimum absolute atomic E-state index is 0.0321. The van der Waals surface area contributed by atoms with Crippen molar-refractivity contribution in [3.05, 3.63) is 59.7 Å². The Morgan fingerprint density at radius 2 is 1.61 bits per heavy atom. The zero-order chi connectivity index (χ0) is 24.2. The van der Waals surface area contributed by atoms with Gasteiger partial charge >= 0.3 is 12.1 Å². The van der Waals surface area contributed by atoms with E-state index in [1.165, 1.54) is 6.92 Å². The SMILES string of the molecule is CCC(C)(NC(=O)OCC1c2ccccc2-c2ccccc21)C(=O)NC(CC(F)F)C(=O)O. The molecule has 0 aliphatic heterocycles. The number of amides is 2. The van der Waals surface area contributed by atoms with E-state index >= 15 is 0 Å². The topological polar surface area (TPSA) is 105 Å². The number of hydrogen-bond acceptors (Lipinski definition) is 4. The molecule has 0 aromatic heterocycles. The standard InChI is InChI=1S/C24H26F2N2O5/c1-3-24(2,22(31)27-19(21(29)30)12-20(25)26)28-23(32)33-13-18-16-10-6-4-8-14(16)15-9-5-7-11-17(15)18/h4-11,18-20H,3,12-13H2,1-2H3,(H,27,31)(H,28,32)(H,29,30). The van der Waals surface area contributed by atoms with E-state index in [2.05, 4.69) is 10.6 Å². The molecule has 2 unspecified atom stereocenters. The monoisotopic (exact) mass is 460 g/mol. The van der Waals surface area contributed by atoms with E-state index in [-0.39, 0.29) is 18.9 Å². The molecule has 0 bridgehead atoms. The van der Waals surface area contributed by atoms with Gasteiger partial charge in [-0.05, 0) is 35.6 Å². The van der Waals surface area contributed by atoms with Crippen LogP contribution in [0.2, 0.25) is 0 Å². The predicted molar refractivity (Wildman–Crippen MR) is 117 cm³/mol. The zero-order valence-corrected chi connectivity index (χ0v) is 18.3. The van der Waals surface area contributed by atoms with Gasteiger partial charge in [0.2, 0.25) is 12.3 Å². The van der Waals surface area contributed by atoms with Gasteiger partial charge < -0.3 is 20.5 Å². The lowest BCUT2D eigenvalue weighted by atomic mass is 9.97. The van der Waals surface area contributed by atoms with Crippen LogP contribution in [0, 0.1) is 0 Å². The number of hydrogen-bond donors (Lipinski definition) is 3. The first-order valence-corrected chi connectivity index (χ1v) is 10.6. The number of rotatable bonds is 9. The third-order valence-corrected chi connectivity index (χ3v) is 5.95. The average Bonchev–Trinajstić information content (AvgIpc) is 3.10. The van der Waals surface area contributed by atoms with Gasteiger partial charge in [0.25, 0.3) is 0 Å². The number of carbonyl (C=O) groups is 3. The number of benzene rings is 2. The number of alkyl carbamates (subject to hydrolysis) is 1. The summed E-state index contributed by atoms with van der Waals surface area (Å²) < 4.78 is 30.7. The summed E-state index contributed by atoms with van der Waals surface area (Å²) in [6.45, 7) is 3.02. The summed E-state index contributed by atoms with van der Waals surface area (Å²) >= 11 is 0. The van der Waals surface area contributed by atoms with Gasteiger partial charge in [-0.25, -0.2) is 18.4 Å². The van der Waals surface area contributed by atoms with Gasteiger partial charge in [-0.1, -0.05) is 55.5 Å². The third kappa shape index (κ3) is 5.30. The van der Waals surface area contributed by atoms with Crippen molar-refractivity contribution in [3.63, 3.8) is 0 Å². The predicted octanol–water partition coefficient (Wildman–Crippen LogP) is 3.92. The van der Waals surface area contributed by atoms with Crippen LogP contribution in [0.5, 0.6) is 0 Å². The van der Waals surface area contributed by atoms with Crippen molar-refractivity contribution in [2.75, 3.05) is 6.61 Å². The van der Waals surface area contributed by atoms with Crippen molar-refractivity contribution >= 4 is 18.0 Å². The molecule has 176 valence electrons. The zero-order valence-electron chi connectivity index (χ0n) is 18.3. The normalized spacial score (nSPS) is 15.2. The molecular weight excluding hydrogens is 434 g/mol. The first-order valence-electron chi connectivity index (χ1n) is 10.6. The molecule has 0 fully saturated rings. The quantitative estimate of drug-likeness (QED) is 0.526. The fraction of sp³-hybridized carbons (Fsp3) is 0.375. The van der Waals surface area contributed by atoms with Crippen molar-refractivity contribution in [2.45, 2.75) is 50.6 Å². The van der Waals surface area contributed by atoms with Gasteiger partial charge in [-0.15, -0.1) is 0 Å². The highest BCUT2D eigenvalue weighted by Crippen LogP contribution is 2.44. The summed E-state index contributed by atoms with van der Waals surface area (Å²) in [5, 5.41) is 13.6. The largest absolute Gasteiger partial charge is 0.480 e. The highest BCUT2D eigenvalue weighted by Gasteiger charge is 2.37. The fourth-order valence-electron chi connectivity index (χ4n) is 3.88. The molecule has 2 amide bonds. The molecule has 3 rings (SSSR count). The summed E-state index contributed by atoms with van der Waals surface area (Å²) in [5.41, 5.74) is 2.65. The molecule has 0 radical (unpaired) electrons. The Morgan fingerprint density at radius 1 is 1.06 bits per heavy atom. The molecule has 0 heterocycles. The van der Waals surface area contributed by atoms with Gasteiger partial charge in [0.05, 0.1) is 0 Å². The lowest BCUT2D eigenvalue weighted by Crippen LogP contribution is -2.59. The number of fused-ring (bicyclic) bond motifs is 3. The molecule has 0 spiro atoms. The lowest BCUT2D eigenvalue weighted by molar-refractivity contribution is -0.144. The number of halogens is 2. The van der Waals surface area contributed by atoms with E-state index in [1.54, 1.807) is 6.92 Å². The van der Waals surface area contributed by atoms with Crippen LogP contribution in [0.4, 0.5) is 13.6 Å². The summed E-state index contributed by atoms with van der Waals surface area (Å²) in [6, 6.07) is 13.9. The third-order valence-electron chi connectivity index (χ3n) is 5.95. The van der Waals surface area contributed by atoms with Gasteiger partial charge in [-0.3, -0.25) is 4.79 Å². The van der Waals surface area contributed by atoms with Gasteiger partial charge in [-0.2, -0.15) is 0 Å². The highest BCUT2D eigenvalue weighted by molar-refractivity contribution is 5.92. The molecule has 0 saturated heterocycles. The van der Waals surface area contributed by atoms with Crippen LogP contribution in [0.25, 0.3) is 11.1 Å². The van der Waals surface area contributed by atoms with Crippen molar-refractivity contribution in [1.29, 1.82) is 0 Å². The first-order chi connectivity index (χ1) is 15.7. The van der Waals surface area contributed by atoms with E-state index in [9.17, 15) is 23.2 Å². The molecule has 33 heavy (non-hydrogen) atoms. The second-order valence-electron chi connectivity index (χ2n) is 8.13. The van der Waals surface area contributed by atoms with Crippen LogP contribution < -0.4 is 10.6 Å². The summed E-state index contributed by atoms with van der Waals surface area (Å²) in [4.78, 5) is 36.4. The number of carbonyl (C=O) groups excluding carboxylic acids is 2. The number of alkyl halides is 2. The van der Waals surface area contributed by atoms with Crippen molar-refractivity contribution < 1.29 is 33.0 Å². The number of carboxylic acids is 1. The maximum Gasteiger partial charge on any atom is 0.408 e. The second kappa shape index (κ2) is 9.97. The average molecular weight is 460 g/mol. The molecule has 0 saturated carbocycles. The lowest BCUT2D eigenvalue weighted by Gasteiger charge is -2.29. The second-order valence-corrected chi connectivity index (χ2v) is 8.13. The summed E-state index contributed by atoms with van der Waals surface area (Å²) in [7, 11) is 0.